The summed E-state index contributed by atoms with van der Waals surface area (Å²) >= 11 is 0. The van der Waals surface area contributed by atoms with Gasteiger partial charge in [-0.05, 0) is 12.5 Å². The number of alkyl halides is 1. The Morgan fingerprint density at radius 2 is 2.26 bits per heavy atom. The molecule has 2 N–H and O–H groups in total. The van der Waals surface area contributed by atoms with Gasteiger partial charge in [-0.3, -0.25) is 14.3 Å². The van der Waals surface area contributed by atoms with Crippen molar-refractivity contribution < 1.29 is 14.2 Å². The first kappa shape index (κ1) is 13.3. The van der Waals surface area contributed by atoms with E-state index in [1.807, 2.05) is 4.98 Å². The Balaban J connectivity index is 2.61. The second-order valence-electron chi connectivity index (χ2n) is 4.40. The van der Waals surface area contributed by atoms with E-state index < -0.39 is 29.2 Å². The number of hydrogen-bond acceptors (Lipinski definition) is 4. The maximum atomic E-state index is 14.9. The van der Waals surface area contributed by atoms with Crippen molar-refractivity contribution in [3.8, 4) is 0 Å². The second kappa shape index (κ2) is 4.20. The van der Waals surface area contributed by atoms with Crippen molar-refractivity contribution in [2.24, 2.45) is 0 Å². The van der Waals surface area contributed by atoms with Crippen molar-refractivity contribution in [2.45, 2.75) is 24.9 Å². The van der Waals surface area contributed by atoms with Crippen LogP contribution in [-0.2, 0) is 4.74 Å². The molecule has 0 amide bonds. The van der Waals surface area contributed by atoms with Crippen molar-refractivity contribution in [3.05, 3.63) is 57.6 Å². The van der Waals surface area contributed by atoms with Crippen LogP contribution in [0.1, 0.15) is 13.2 Å². The highest BCUT2D eigenvalue weighted by molar-refractivity contribution is 5.26. The summed E-state index contributed by atoms with van der Waals surface area (Å²) in [6, 6.07) is 1.05. The number of aliphatic hydroxyl groups excluding tert-OH is 1. The Morgan fingerprint density at radius 3 is 2.79 bits per heavy atom. The average Bonchev–Trinajstić information content (AvgIpc) is 2.55. The number of H-pyrrole nitrogens is 1. The highest BCUT2D eigenvalue weighted by Gasteiger charge is 2.57. The van der Waals surface area contributed by atoms with Crippen molar-refractivity contribution >= 4 is 0 Å². The monoisotopic (exact) mass is 268 g/mol. The number of rotatable bonds is 2. The Kier molecular flexibility index (Phi) is 2.94. The molecule has 2 heterocycles. The van der Waals surface area contributed by atoms with E-state index in [2.05, 4.69) is 13.2 Å². The number of nitrogens with one attached hydrogen (secondary N) is 1. The lowest BCUT2D eigenvalue weighted by molar-refractivity contribution is -0.0227. The first-order valence-corrected chi connectivity index (χ1v) is 5.48. The molecule has 0 spiro atoms. The van der Waals surface area contributed by atoms with Crippen molar-refractivity contribution in [3.63, 3.8) is 0 Å². The molecule has 1 fully saturated rings. The van der Waals surface area contributed by atoms with Crippen LogP contribution < -0.4 is 11.2 Å². The molecule has 0 radical (unpaired) electrons. The fraction of sp³-hybridized carbons (Fsp3) is 0.333. The lowest BCUT2D eigenvalue weighted by Crippen LogP contribution is -2.45. The molecule has 6 nitrogen and oxygen atoms in total. The molecule has 1 aromatic heterocycles. The molecule has 1 aliphatic heterocycles. The van der Waals surface area contributed by atoms with E-state index in [9.17, 15) is 19.1 Å². The zero-order valence-corrected chi connectivity index (χ0v) is 10.2. The van der Waals surface area contributed by atoms with Crippen LogP contribution in [-0.4, -0.2) is 26.4 Å². The van der Waals surface area contributed by atoms with Gasteiger partial charge in [0.05, 0.1) is 0 Å². The predicted molar refractivity (Wildman–Crippen MR) is 65.2 cm³/mol. The van der Waals surface area contributed by atoms with Gasteiger partial charge >= 0.3 is 5.69 Å². The Morgan fingerprint density at radius 1 is 1.63 bits per heavy atom. The fourth-order valence-electron chi connectivity index (χ4n) is 1.98. The van der Waals surface area contributed by atoms with Crippen LogP contribution in [0.25, 0.3) is 0 Å². The topological polar surface area (TPSA) is 84.3 Å². The van der Waals surface area contributed by atoms with Gasteiger partial charge in [0.25, 0.3) is 5.56 Å². The largest absolute Gasteiger partial charge is 0.468 e. The summed E-state index contributed by atoms with van der Waals surface area (Å²) in [6.45, 7) is 8.24. The Labute approximate surface area is 107 Å². The highest BCUT2D eigenvalue weighted by atomic mass is 19.1. The second-order valence-corrected chi connectivity index (χ2v) is 4.40. The molecular weight excluding hydrogens is 255 g/mol. The summed E-state index contributed by atoms with van der Waals surface area (Å²) in [5, 5.41) is 9.82. The smallest absolute Gasteiger partial charge is 0.331 e. The van der Waals surface area contributed by atoms with Gasteiger partial charge in [-0.2, -0.15) is 0 Å². The molecular formula is C12H13FN2O4. The third-order valence-electron chi connectivity index (χ3n) is 3.08. The lowest BCUT2D eigenvalue weighted by atomic mass is 9.91. The summed E-state index contributed by atoms with van der Waals surface area (Å²) in [4.78, 5) is 24.7. The molecule has 0 unspecified atom stereocenters. The first-order chi connectivity index (χ1) is 8.78. The van der Waals surface area contributed by atoms with Crippen LogP contribution in [0.4, 0.5) is 4.39 Å². The number of aromatic amines is 1. The van der Waals surface area contributed by atoms with Gasteiger partial charge in [0.1, 0.15) is 5.76 Å². The number of nitrogens with zero attached hydrogens (tertiary/aromatic N) is 1. The van der Waals surface area contributed by atoms with Gasteiger partial charge in [-0.15, -0.1) is 0 Å². The molecule has 19 heavy (non-hydrogen) atoms. The zero-order chi connectivity index (χ0) is 14.4. The normalized spacial score (nSPS) is 30.2. The van der Waals surface area contributed by atoms with E-state index in [0.29, 0.717) is 0 Å². The summed E-state index contributed by atoms with van der Waals surface area (Å²) in [6.07, 6.45) is -2.00. The average molecular weight is 268 g/mol. The first-order valence-electron chi connectivity index (χ1n) is 5.48. The molecule has 102 valence electrons. The van der Waals surface area contributed by atoms with E-state index in [1.54, 1.807) is 0 Å². The minimum atomic E-state index is -2.39. The molecule has 2 rings (SSSR count). The molecule has 3 atom stereocenters. The van der Waals surface area contributed by atoms with E-state index in [-0.39, 0.29) is 11.3 Å². The van der Waals surface area contributed by atoms with E-state index in [0.717, 1.165) is 16.8 Å². The molecule has 7 heteroatoms. The maximum absolute atomic E-state index is 14.9. The van der Waals surface area contributed by atoms with Crippen LogP contribution in [0.3, 0.4) is 0 Å². The van der Waals surface area contributed by atoms with Gasteiger partial charge in [-0.1, -0.05) is 13.2 Å². The van der Waals surface area contributed by atoms with Crippen LogP contribution in [0, 0.1) is 0 Å². The number of aliphatic hydroxyl groups is 1. The van der Waals surface area contributed by atoms with Crippen LogP contribution in [0.15, 0.2) is 46.3 Å². The highest BCUT2D eigenvalue weighted by Crippen LogP contribution is 2.46. The molecule has 0 aromatic carbocycles. The summed E-state index contributed by atoms with van der Waals surface area (Å²) in [5.74, 6) is -0.200. The van der Waals surface area contributed by atoms with Crippen molar-refractivity contribution in [2.75, 3.05) is 0 Å². The summed E-state index contributed by atoms with van der Waals surface area (Å²) < 4.78 is 20.9. The fourth-order valence-corrected chi connectivity index (χ4v) is 1.98. The molecule has 0 saturated carbocycles. The Hall–Kier alpha value is -2.15. The number of hydrogen-bond donors (Lipinski definition) is 2. The van der Waals surface area contributed by atoms with Crippen molar-refractivity contribution in [1.29, 1.82) is 0 Å². The summed E-state index contributed by atoms with van der Waals surface area (Å²) in [7, 11) is 0. The van der Waals surface area contributed by atoms with Gasteiger partial charge in [0.2, 0.25) is 11.9 Å². The number of aromatic nitrogens is 2. The molecule has 1 aliphatic rings. The van der Waals surface area contributed by atoms with E-state index >= 15 is 0 Å². The lowest BCUT2D eigenvalue weighted by Gasteiger charge is -2.28. The molecule has 0 aliphatic carbocycles. The SMILES string of the molecule is C=C1O[C@@H](n2ccc(=O)[nH]c2=O)[C@@](F)(C(=C)C)[C@@H]1O. The minimum absolute atomic E-state index is 0.0123. The van der Waals surface area contributed by atoms with Crippen molar-refractivity contribution in [1.82, 2.24) is 9.55 Å². The van der Waals surface area contributed by atoms with Crippen LogP contribution in [0.5, 0.6) is 0 Å². The predicted octanol–water partition coefficient (Wildman–Crippen LogP) is 0.224. The van der Waals surface area contributed by atoms with Crippen LogP contribution >= 0.6 is 0 Å². The molecule has 0 bridgehead atoms. The quantitative estimate of drug-likeness (QED) is 0.752. The number of ether oxygens (including phenoxy) is 1. The van der Waals surface area contributed by atoms with Gasteiger partial charge in [-0.25, -0.2) is 9.18 Å². The third kappa shape index (κ3) is 1.82. The zero-order valence-electron chi connectivity index (χ0n) is 10.2. The Bertz CT molecular complexity index is 662. The minimum Gasteiger partial charge on any atom is -0.468 e. The molecule has 1 aromatic rings. The van der Waals surface area contributed by atoms with Crippen LogP contribution in [0.2, 0.25) is 0 Å². The van der Waals surface area contributed by atoms with E-state index in [4.69, 9.17) is 4.74 Å². The standard InChI is InChI=1S/C12H13FN2O4/c1-6(2)12(13)9(17)7(3)19-10(12)15-5-4-8(16)14-11(15)18/h4-5,9-10,17H,1,3H2,2H3,(H,14,16,18)/t9-,10-,12-/m1/s1. The number of halogens is 1. The third-order valence-corrected chi connectivity index (χ3v) is 3.08. The van der Waals surface area contributed by atoms with E-state index in [1.165, 1.54) is 6.92 Å². The van der Waals surface area contributed by atoms with Gasteiger partial charge in [0.15, 0.2) is 6.10 Å². The summed E-state index contributed by atoms with van der Waals surface area (Å²) in [5.41, 5.74) is -3.86. The van der Waals surface area contributed by atoms with Gasteiger partial charge < -0.3 is 9.84 Å². The maximum Gasteiger partial charge on any atom is 0.331 e. The van der Waals surface area contributed by atoms with Gasteiger partial charge in [0, 0.05) is 12.3 Å². The molecule has 1 saturated heterocycles.